The van der Waals surface area contributed by atoms with Crippen molar-refractivity contribution in [3.05, 3.63) is 35.9 Å². The van der Waals surface area contributed by atoms with Crippen molar-refractivity contribution in [3.63, 3.8) is 0 Å². The van der Waals surface area contributed by atoms with Gasteiger partial charge in [0.25, 0.3) is 0 Å². The van der Waals surface area contributed by atoms with E-state index < -0.39 is 34.2 Å². The second kappa shape index (κ2) is 10.3. The SMILES string of the molecule is CC[C@@H](CO)N1C(=O)[C@@H]2[C@@H](C(=O)NCc3ccccc3)[C@H]3CCC2(S3)C1C(=O)NC(C)(C)CC(C)(C)C. The average Bonchev–Trinajstić information content (AvgIpc) is 3.45. The quantitative estimate of drug-likeness (QED) is 0.455. The van der Waals surface area contributed by atoms with E-state index in [1.165, 1.54) is 0 Å². The Bertz CT molecular complexity index is 1020. The number of rotatable bonds is 9. The van der Waals surface area contributed by atoms with Gasteiger partial charge in [-0.25, -0.2) is 0 Å². The number of fused-ring (bicyclic) bond motifs is 1. The van der Waals surface area contributed by atoms with Crippen LogP contribution in [0.2, 0.25) is 0 Å². The molecule has 3 heterocycles. The molecule has 3 saturated heterocycles. The number of aliphatic hydroxyl groups excluding tert-OH is 1. The van der Waals surface area contributed by atoms with E-state index >= 15 is 0 Å². The van der Waals surface area contributed by atoms with Crippen LogP contribution in [0.1, 0.15) is 72.8 Å². The molecule has 0 aliphatic carbocycles. The molecule has 1 spiro atoms. The van der Waals surface area contributed by atoms with Crippen molar-refractivity contribution in [2.45, 2.75) is 101 Å². The van der Waals surface area contributed by atoms with Gasteiger partial charge < -0.3 is 20.6 Å². The first-order valence-corrected chi connectivity index (χ1v) is 14.5. The number of carbonyl (C=O) groups is 3. The molecule has 7 nitrogen and oxygen atoms in total. The third kappa shape index (κ3) is 5.29. The number of likely N-dealkylation sites (tertiary alicyclic amines) is 1. The molecule has 204 valence electrons. The zero-order valence-corrected chi connectivity index (χ0v) is 23.9. The minimum Gasteiger partial charge on any atom is -0.394 e. The van der Waals surface area contributed by atoms with Crippen LogP contribution in [0.4, 0.5) is 0 Å². The molecule has 1 aromatic rings. The standard InChI is InChI=1S/C29H43N3O4S/c1-7-19(16-33)32-23(25(35)31-28(5,6)17-27(2,3)4)29-14-13-20(37-29)21(22(29)26(32)36)24(34)30-15-18-11-9-8-10-12-18/h8-12,19-23,33H,7,13-17H2,1-6H3,(H,30,34)(H,31,35)/t19-,20+,21-,22-,23?,29?/m0/s1. The summed E-state index contributed by atoms with van der Waals surface area (Å²) in [6.45, 7) is 12.6. The van der Waals surface area contributed by atoms with E-state index in [4.69, 9.17) is 0 Å². The monoisotopic (exact) mass is 529 g/mol. The van der Waals surface area contributed by atoms with Crippen molar-refractivity contribution >= 4 is 29.5 Å². The lowest BCUT2D eigenvalue weighted by molar-refractivity contribution is -0.143. The number of benzene rings is 1. The van der Waals surface area contributed by atoms with Crippen LogP contribution in [0.25, 0.3) is 0 Å². The van der Waals surface area contributed by atoms with Crippen LogP contribution in [0.15, 0.2) is 30.3 Å². The number of hydrogen-bond acceptors (Lipinski definition) is 5. The van der Waals surface area contributed by atoms with E-state index in [0.29, 0.717) is 13.0 Å². The molecular formula is C29H43N3O4S. The Hall–Kier alpha value is -2.06. The van der Waals surface area contributed by atoms with Gasteiger partial charge in [-0.3, -0.25) is 14.4 Å². The fraction of sp³-hybridized carbons (Fsp3) is 0.690. The summed E-state index contributed by atoms with van der Waals surface area (Å²) in [6, 6.07) is 8.58. The van der Waals surface area contributed by atoms with Crippen molar-refractivity contribution < 1.29 is 19.5 Å². The maximum Gasteiger partial charge on any atom is 0.244 e. The van der Waals surface area contributed by atoms with Crippen LogP contribution in [-0.2, 0) is 20.9 Å². The van der Waals surface area contributed by atoms with Gasteiger partial charge in [-0.2, -0.15) is 0 Å². The summed E-state index contributed by atoms with van der Waals surface area (Å²) in [5.74, 6) is -1.49. The molecule has 4 rings (SSSR count). The van der Waals surface area contributed by atoms with Crippen molar-refractivity contribution in [3.8, 4) is 0 Å². The first-order chi connectivity index (χ1) is 17.3. The topological polar surface area (TPSA) is 98.7 Å². The Labute approximate surface area is 225 Å². The molecular weight excluding hydrogens is 486 g/mol. The number of nitrogens with zero attached hydrogens (tertiary/aromatic N) is 1. The normalized spacial score (nSPS) is 29.8. The van der Waals surface area contributed by atoms with Crippen LogP contribution >= 0.6 is 11.8 Å². The predicted octanol–water partition coefficient (Wildman–Crippen LogP) is 3.50. The summed E-state index contributed by atoms with van der Waals surface area (Å²) < 4.78 is -0.652. The van der Waals surface area contributed by atoms with Gasteiger partial charge in [0.1, 0.15) is 6.04 Å². The van der Waals surface area contributed by atoms with Gasteiger partial charge in [-0.1, -0.05) is 58.0 Å². The van der Waals surface area contributed by atoms with Crippen molar-refractivity contribution in [1.82, 2.24) is 15.5 Å². The average molecular weight is 530 g/mol. The molecule has 0 radical (unpaired) electrons. The first-order valence-electron chi connectivity index (χ1n) is 13.6. The van der Waals surface area contributed by atoms with Crippen molar-refractivity contribution in [2.24, 2.45) is 17.3 Å². The number of thioether (sulfide) groups is 1. The zero-order valence-electron chi connectivity index (χ0n) is 23.0. The highest BCUT2D eigenvalue weighted by Crippen LogP contribution is 2.66. The van der Waals surface area contributed by atoms with Crippen LogP contribution < -0.4 is 10.6 Å². The van der Waals surface area contributed by atoms with Crippen LogP contribution in [0.5, 0.6) is 0 Å². The van der Waals surface area contributed by atoms with E-state index in [1.807, 2.05) is 51.1 Å². The molecule has 0 aromatic heterocycles. The lowest BCUT2D eigenvalue weighted by atomic mass is 9.70. The number of carbonyl (C=O) groups excluding carboxylic acids is 3. The number of hydrogen-bond donors (Lipinski definition) is 3. The predicted molar refractivity (Wildman–Crippen MR) is 147 cm³/mol. The highest BCUT2D eigenvalue weighted by atomic mass is 32.2. The summed E-state index contributed by atoms with van der Waals surface area (Å²) in [6.07, 6.45) is 2.84. The summed E-state index contributed by atoms with van der Waals surface area (Å²) in [4.78, 5) is 43.3. The molecule has 3 N–H and O–H groups in total. The molecule has 2 unspecified atom stereocenters. The largest absolute Gasteiger partial charge is 0.394 e. The van der Waals surface area contributed by atoms with Gasteiger partial charge in [0.15, 0.2) is 0 Å². The van der Waals surface area contributed by atoms with E-state index in [9.17, 15) is 19.5 Å². The summed E-state index contributed by atoms with van der Waals surface area (Å²) >= 11 is 1.66. The Balaban J connectivity index is 1.63. The summed E-state index contributed by atoms with van der Waals surface area (Å²) in [7, 11) is 0. The maximum atomic E-state index is 14.1. The van der Waals surface area contributed by atoms with Gasteiger partial charge in [0.05, 0.1) is 29.2 Å². The number of amides is 3. The van der Waals surface area contributed by atoms with E-state index in [0.717, 1.165) is 24.8 Å². The Morgan fingerprint density at radius 3 is 2.43 bits per heavy atom. The first kappa shape index (κ1) is 28.0. The van der Waals surface area contributed by atoms with Gasteiger partial charge in [0.2, 0.25) is 17.7 Å². The second-order valence-electron chi connectivity index (χ2n) is 12.9. The van der Waals surface area contributed by atoms with E-state index in [2.05, 4.69) is 31.4 Å². The Morgan fingerprint density at radius 1 is 1.16 bits per heavy atom. The molecule has 6 atom stereocenters. The zero-order chi connectivity index (χ0) is 27.2. The summed E-state index contributed by atoms with van der Waals surface area (Å²) in [5.41, 5.74) is 0.556. The minimum absolute atomic E-state index is 0.0129. The third-order valence-electron chi connectivity index (χ3n) is 8.11. The number of nitrogens with one attached hydrogen (secondary N) is 2. The smallest absolute Gasteiger partial charge is 0.244 e. The van der Waals surface area contributed by atoms with Gasteiger partial charge >= 0.3 is 0 Å². The van der Waals surface area contributed by atoms with Crippen LogP contribution in [0.3, 0.4) is 0 Å². The highest BCUT2D eigenvalue weighted by Gasteiger charge is 2.74. The fourth-order valence-corrected chi connectivity index (χ4v) is 9.38. The molecule has 8 heteroatoms. The Morgan fingerprint density at radius 2 is 1.84 bits per heavy atom. The third-order valence-corrected chi connectivity index (χ3v) is 10.1. The Kier molecular flexibility index (Phi) is 7.75. The maximum absolute atomic E-state index is 14.1. The van der Waals surface area contributed by atoms with Crippen LogP contribution in [-0.4, -0.2) is 62.0 Å². The molecule has 3 fully saturated rings. The molecule has 37 heavy (non-hydrogen) atoms. The molecule has 0 saturated carbocycles. The molecule has 1 aromatic carbocycles. The van der Waals surface area contributed by atoms with E-state index in [-0.39, 0.29) is 35.0 Å². The molecule has 3 amide bonds. The van der Waals surface area contributed by atoms with E-state index in [1.54, 1.807) is 16.7 Å². The molecule has 2 bridgehead atoms. The lowest BCUT2D eigenvalue weighted by Crippen LogP contribution is -2.60. The van der Waals surface area contributed by atoms with Gasteiger partial charge in [-0.15, -0.1) is 11.8 Å². The highest BCUT2D eigenvalue weighted by molar-refractivity contribution is 8.02. The van der Waals surface area contributed by atoms with Crippen LogP contribution in [0, 0.1) is 17.3 Å². The lowest BCUT2D eigenvalue weighted by Gasteiger charge is -2.40. The molecule has 3 aliphatic rings. The fourth-order valence-electron chi connectivity index (χ4n) is 7.17. The minimum atomic E-state index is -0.705. The van der Waals surface area contributed by atoms with Gasteiger partial charge in [-0.05, 0) is 50.5 Å². The second-order valence-corrected chi connectivity index (χ2v) is 14.5. The van der Waals surface area contributed by atoms with Crippen molar-refractivity contribution in [2.75, 3.05) is 6.61 Å². The van der Waals surface area contributed by atoms with Gasteiger partial charge in [0, 0.05) is 17.3 Å². The van der Waals surface area contributed by atoms with Crippen molar-refractivity contribution in [1.29, 1.82) is 0 Å². The summed E-state index contributed by atoms with van der Waals surface area (Å²) in [5, 5.41) is 16.5. The molecule has 3 aliphatic heterocycles. The number of aliphatic hydroxyl groups is 1.